The fourth-order valence-electron chi connectivity index (χ4n) is 2.02. The molecule has 20 heavy (non-hydrogen) atoms. The summed E-state index contributed by atoms with van der Waals surface area (Å²) in [5.41, 5.74) is 8.15. The molecule has 0 fully saturated rings. The molecule has 0 aliphatic rings. The molecule has 0 unspecified atom stereocenters. The van der Waals surface area contributed by atoms with Gasteiger partial charge in [-0.15, -0.1) is 0 Å². The molecule has 1 aromatic carbocycles. The van der Waals surface area contributed by atoms with Gasteiger partial charge in [0, 0.05) is 12.1 Å². The summed E-state index contributed by atoms with van der Waals surface area (Å²) in [6, 6.07) is 9.26. The number of aromatic nitrogens is 2. The smallest absolute Gasteiger partial charge is 0.141 e. The summed E-state index contributed by atoms with van der Waals surface area (Å²) in [4.78, 5) is 0. The second-order valence-corrected chi connectivity index (χ2v) is 5.05. The zero-order valence-corrected chi connectivity index (χ0v) is 12.2. The normalized spacial score (nSPS) is 10.4. The van der Waals surface area contributed by atoms with Gasteiger partial charge in [-0.05, 0) is 18.6 Å². The standard InChI is InChI=1S/C15H17ClN4/c1-2-3-4-9-20-15(18)13(16)14(19-20)12-7-5-11(10-17)6-8-12/h5-8H,2-4,9,18H2,1H3. The van der Waals surface area contributed by atoms with E-state index in [-0.39, 0.29) is 0 Å². The number of rotatable bonds is 5. The van der Waals surface area contributed by atoms with Crippen molar-refractivity contribution < 1.29 is 0 Å². The van der Waals surface area contributed by atoms with Crippen LogP contribution in [-0.4, -0.2) is 9.78 Å². The van der Waals surface area contributed by atoms with Crippen LogP contribution in [0.1, 0.15) is 31.7 Å². The Morgan fingerprint density at radius 2 is 2.00 bits per heavy atom. The average Bonchev–Trinajstić information content (AvgIpc) is 2.76. The first-order valence-electron chi connectivity index (χ1n) is 6.69. The van der Waals surface area contributed by atoms with Crippen LogP contribution in [0.2, 0.25) is 5.02 Å². The number of aryl methyl sites for hydroxylation is 1. The summed E-state index contributed by atoms with van der Waals surface area (Å²) < 4.78 is 1.76. The van der Waals surface area contributed by atoms with E-state index >= 15 is 0 Å². The van der Waals surface area contributed by atoms with E-state index in [1.807, 2.05) is 12.1 Å². The maximum atomic E-state index is 8.81. The number of hydrogen-bond acceptors (Lipinski definition) is 3. The van der Waals surface area contributed by atoms with Crippen molar-refractivity contribution in [3.05, 3.63) is 34.9 Å². The largest absolute Gasteiger partial charge is 0.383 e. The van der Waals surface area contributed by atoms with Gasteiger partial charge in [-0.2, -0.15) is 10.4 Å². The number of hydrogen-bond donors (Lipinski definition) is 1. The molecule has 1 aromatic heterocycles. The predicted octanol–water partition coefficient (Wildman–Crippen LogP) is 3.85. The van der Waals surface area contributed by atoms with Gasteiger partial charge >= 0.3 is 0 Å². The molecule has 2 N–H and O–H groups in total. The van der Waals surface area contributed by atoms with Crippen LogP contribution in [-0.2, 0) is 6.54 Å². The van der Waals surface area contributed by atoms with E-state index in [2.05, 4.69) is 18.1 Å². The Kier molecular flexibility index (Phi) is 4.65. The number of nitrogens with zero attached hydrogens (tertiary/aromatic N) is 3. The highest BCUT2D eigenvalue weighted by molar-refractivity contribution is 6.35. The minimum absolute atomic E-state index is 0.478. The first-order valence-corrected chi connectivity index (χ1v) is 7.07. The second-order valence-electron chi connectivity index (χ2n) is 4.67. The van der Waals surface area contributed by atoms with Gasteiger partial charge in [-0.1, -0.05) is 43.5 Å². The molecular weight excluding hydrogens is 272 g/mol. The minimum Gasteiger partial charge on any atom is -0.383 e. The minimum atomic E-state index is 0.478. The number of halogens is 1. The van der Waals surface area contributed by atoms with Crippen LogP contribution < -0.4 is 5.73 Å². The fourth-order valence-corrected chi connectivity index (χ4v) is 2.27. The molecule has 0 aliphatic heterocycles. The average molecular weight is 289 g/mol. The van der Waals surface area contributed by atoms with Gasteiger partial charge in [0.15, 0.2) is 0 Å². The lowest BCUT2D eigenvalue weighted by atomic mass is 10.1. The number of benzene rings is 1. The summed E-state index contributed by atoms with van der Waals surface area (Å²) in [6.45, 7) is 2.93. The van der Waals surface area contributed by atoms with Gasteiger partial charge in [0.05, 0.1) is 11.6 Å². The van der Waals surface area contributed by atoms with Crippen LogP contribution in [0, 0.1) is 11.3 Å². The number of nitrogens with two attached hydrogens (primary N) is 1. The van der Waals surface area contributed by atoms with Gasteiger partial charge in [-0.25, -0.2) is 4.68 Å². The maximum absolute atomic E-state index is 8.81. The van der Waals surface area contributed by atoms with Crippen molar-refractivity contribution in [1.82, 2.24) is 9.78 Å². The maximum Gasteiger partial charge on any atom is 0.141 e. The fraction of sp³-hybridized carbons (Fsp3) is 0.333. The molecule has 2 aromatic rings. The summed E-state index contributed by atoms with van der Waals surface area (Å²) in [6.07, 6.45) is 3.33. The summed E-state index contributed by atoms with van der Waals surface area (Å²) in [5, 5.41) is 13.8. The zero-order chi connectivity index (χ0) is 14.5. The molecule has 0 amide bonds. The quantitative estimate of drug-likeness (QED) is 0.850. The van der Waals surface area contributed by atoms with Crippen molar-refractivity contribution in [2.75, 3.05) is 5.73 Å². The Morgan fingerprint density at radius 3 is 2.60 bits per heavy atom. The van der Waals surface area contributed by atoms with Crippen LogP contribution in [0.5, 0.6) is 0 Å². The number of anilines is 1. The number of nitrogen functional groups attached to an aromatic ring is 1. The van der Waals surface area contributed by atoms with Gasteiger partial charge in [0.25, 0.3) is 0 Å². The summed E-state index contributed by atoms with van der Waals surface area (Å²) in [7, 11) is 0. The molecule has 5 heteroatoms. The Balaban J connectivity index is 2.27. The molecule has 0 atom stereocenters. The number of nitriles is 1. The first kappa shape index (κ1) is 14.4. The Morgan fingerprint density at radius 1 is 1.30 bits per heavy atom. The second kappa shape index (κ2) is 6.44. The molecule has 0 bridgehead atoms. The van der Waals surface area contributed by atoms with Crippen molar-refractivity contribution in [3.8, 4) is 17.3 Å². The Labute approximate surface area is 123 Å². The molecular formula is C15H17ClN4. The Hall–Kier alpha value is -1.99. The third-order valence-corrected chi connectivity index (χ3v) is 3.57. The molecule has 0 radical (unpaired) electrons. The van der Waals surface area contributed by atoms with Gasteiger partial charge in [0.2, 0.25) is 0 Å². The SMILES string of the molecule is CCCCCn1nc(-c2ccc(C#N)cc2)c(Cl)c1N. The van der Waals surface area contributed by atoms with E-state index in [4.69, 9.17) is 22.6 Å². The lowest BCUT2D eigenvalue weighted by molar-refractivity contribution is 0.561. The molecule has 0 saturated carbocycles. The third kappa shape index (κ3) is 2.94. The van der Waals surface area contributed by atoms with Crippen molar-refractivity contribution in [2.45, 2.75) is 32.7 Å². The first-order chi connectivity index (χ1) is 9.67. The van der Waals surface area contributed by atoms with E-state index in [9.17, 15) is 0 Å². The van der Waals surface area contributed by atoms with Gasteiger partial charge in [0.1, 0.15) is 16.5 Å². The summed E-state index contributed by atoms with van der Waals surface area (Å²) >= 11 is 6.26. The molecule has 4 nitrogen and oxygen atoms in total. The van der Waals surface area contributed by atoms with Gasteiger partial charge < -0.3 is 5.73 Å². The van der Waals surface area contributed by atoms with Crippen LogP contribution in [0.4, 0.5) is 5.82 Å². The van der Waals surface area contributed by atoms with Crippen LogP contribution >= 0.6 is 11.6 Å². The van der Waals surface area contributed by atoms with Crippen molar-refractivity contribution in [1.29, 1.82) is 5.26 Å². The molecule has 0 saturated heterocycles. The van der Waals surface area contributed by atoms with E-state index in [0.717, 1.165) is 31.4 Å². The van der Waals surface area contributed by atoms with Crippen molar-refractivity contribution >= 4 is 17.4 Å². The van der Waals surface area contributed by atoms with Gasteiger partial charge in [-0.3, -0.25) is 0 Å². The molecule has 0 spiro atoms. The van der Waals surface area contributed by atoms with Crippen LogP contribution in [0.15, 0.2) is 24.3 Å². The third-order valence-electron chi connectivity index (χ3n) is 3.19. The van der Waals surface area contributed by atoms with Crippen molar-refractivity contribution in [3.63, 3.8) is 0 Å². The van der Waals surface area contributed by atoms with Crippen LogP contribution in [0.3, 0.4) is 0 Å². The topological polar surface area (TPSA) is 67.6 Å². The monoisotopic (exact) mass is 288 g/mol. The highest BCUT2D eigenvalue weighted by Gasteiger charge is 2.15. The van der Waals surface area contributed by atoms with Crippen molar-refractivity contribution in [2.24, 2.45) is 0 Å². The van der Waals surface area contributed by atoms with E-state index in [1.165, 1.54) is 0 Å². The highest BCUT2D eigenvalue weighted by atomic mass is 35.5. The molecule has 2 rings (SSSR count). The molecule has 0 aliphatic carbocycles. The lowest BCUT2D eigenvalue weighted by Crippen LogP contribution is -2.04. The van der Waals surface area contributed by atoms with E-state index < -0.39 is 0 Å². The highest BCUT2D eigenvalue weighted by Crippen LogP contribution is 2.32. The number of unbranched alkanes of at least 4 members (excludes halogenated alkanes) is 2. The molecule has 104 valence electrons. The zero-order valence-electron chi connectivity index (χ0n) is 11.4. The van der Waals surface area contributed by atoms with Crippen LogP contribution in [0.25, 0.3) is 11.3 Å². The van der Waals surface area contributed by atoms with E-state index in [0.29, 0.717) is 22.1 Å². The summed E-state index contributed by atoms with van der Waals surface area (Å²) in [5.74, 6) is 0.502. The lowest BCUT2D eigenvalue weighted by Gasteiger charge is -2.02. The van der Waals surface area contributed by atoms with E-state index in [1.54, 1.807) is 16.8 Å². The Bertz CT molecular complexity index is 623. The predicted molar refractivity (Wildman–Crippen MR) is 81.3 cm³/mol. The molecule has 1 heterocycles.